The summed E-state index contributed by atoms with van der Waals surface area (Å²) in [7, 11) is 0. The summed E-state index contributed by atoms with van der Waals surface area (Å²) in [4.78, 5) is 12.8. The zero-order valence-electron chi connectivity index (χ0n) is 27.5. The summed E-state index contributed by atoms with van der Waals surface area (Å²) in [6.45, 7) is 0. The molecule has 1 aliphatic rings. The van der Waals surface area contributed by atoms with Crippen LogP contribution in [-0.2, 0) is 0 Å². The molecule has 0 spiro atoms. The third kappa shape index (κ3) is 4.86. The minimum absolute atomic E-state index is 0.704. The number of fused-ring (bicyclic) bond motifs is 5. The van der Waals surface area contributed by atoms with Crippen molar-refractivity contribution < 1.29 is 4.74 Å². The van der Waals surface area contributed by atoms with Crippen molar-refractivity contribution in [1.29, 1.82) is 0 Å². The smallest absolute Gasteiger partial charge is 0.160 e. The highest BCUT2D eigenvalue weighted by molar-refractivity contribution is 6.12. The van der Waals surface area contributed by atoms with Crippen LogP contribution < -0.4 is 9.64 Å². The predicted molar refractivity (Wildman–Crippen MR) is 207 cm³/mol. The molecule has 0 unspecified atom stereocenters. The van der Waals surface area contributed by atoms with Crippen LogP contribution >= 0.6 is 0 Å². The van der Waals surface area contributed by atoms with E-state index in [0.717, 1.165) is 84.1 Å². The van der Waals surface area contributed by atoms with E-state index in [0.29, 0.717) is 5.82 Å². The van der Waals surface area contributed by atoms with Crippen molar-refractivity contribution in [2.45, 2.75) is 0 Å². The van der Waals surface area contributed by atoms with Crippen molar-refractivity contribution in [3.05, 3.63) is 182 Å². The second kappa shape index (κ2) is 11.9. The Labute approximate surface area is 295 Å². The zero-order chi connectivity index (χ0) is 33.7. The highest BCUT2D eigenvalue weighted by atomic mass is 16.5. The van der Waals surface area contributed by atoms with Gasteiger partial charge in [0.05, 0.1) is 28.1 Å². The van der Waals surface area contributed by atoms with Crippen LogP contribution in [0.3, 0.4) is 0 Å². The van der Waals surface area contributed by atoms with Gasteiger partial charge in [-0.2, -0.15) is 0 Å². The fourth-order valence-electron chi connectivity index (χ4n) is 7.22. The van der Waals surface area contributed by atoms with Gasteiger partial charge in [0.2, 0.25) is 0 Å². The number of para-hydroxylation sites is 5. The molecule has 0 amide bonds. The molecule has 10 rings (SSSR count). The first-order valence-corrected chi connectivity index (χ1v) is 17.1. The number of benzene rings is 7. The van der Waals surface area contributed by atoms with Gasteiger partial charge >= 0.3 is 0 Å². The molecule has 5 nitrogen and oxygen atoms in total. The Bertz CT molecular complexity index is 2660. The van der Waals surface area contributed by atoms with Gasteiger partial charge in [-0.25, -0.2) is 9.97 Å². The van der Waals surface area contributed by atoms with Gasteiger partial charge in [-0.05, 0) is 71.8 Å². The molecule has 0 fully saturated rings. The molecule has 1 aliphatic heterocycles. The molecule has 240 valence electrons. The third-order valence-electron chi connectivity index (χ3n) is 9.58. The topological polar surface area (TPSA) is 43.2 Å². The second-order valence-corrected chi connectivity index (χ2v) is 12.6. The summed E-state index contributed by atoms with van der Waals surface area (Å²) in [5, 5.41) is 1.07. The van der Waals surface area contributed by atoms with Gasteiger partial charge in [0.1, 0.15) is 5.52 Å². The van der Waals surface area contributed by atoms with Crippen LogP contribution in [-0.4, -0.2) is 14.5 Å². The molecule has 3 heterocycles. The lowest BCUT2D eigenvalue weighted by Gasteiger charge is -2.32. The largest absolute Gasteiger partial charge is 0.453 e. The van der Waals surface area contributed by atoms with E-state index < -0.39 is 0 Å². The standard InChI is InChI=1S/C46H30N4O/c1-4-14-32(15-5-1)43-45-44(48-46(47-43)33-16-6-2-7-17-33)37-30-34(26-29-38(37)50(45)35-18-8-3-9-19-35)31-24-27-36(28-25-31)49-39-20-10-12-22-41(39)51-42-23-13-11-21-40(42)49/h1-30H. The van der Waals surface area contributed by atoms with Gasteiger partial charge in [0.15, 0.2) is 17.3 Å². The Morgan fingerprint density at radius 1 is 0.431 bits per heavy atom. The first kappa shape index (κ1) is 29.0. The Kier molecular flexibility index (Phi) is 6.74. The summed E-state index contributed by atoms with van der Waals surface area (Å²) in [5.41, 5.74) is 12.3. The highest BCUT2D eigenvalue weighted by Gasteiger charge is 2.26. The minimum Gasteiger partial charge on any atom is -0.453 e. The van der Waals surface area contributed by atoms with Crippen LogP contribution in [0.15, 0.2) is 182 Å². The molecule has 0 aliphatic carbocycles. The summed E-state index contributed by atoms with van der Waals surface area (Å²) < 4.78 is 8.56. The first-order chi connectivity index (χ1) is 25.3. The molecule has 0 saturated heterocycles. The zero-order valence-corrected chi connectivity index (χ0v) is 27.5. The van der Waals surface area contributed by atoms with E-state index in [4.69, 9.17) is 14.7 Å². The van der Waals surface area contributed by atoms with E-state index in [2.05, 4.69) is 143 Å². The number of anilines is 3. The van der Waals surface area contributed by atoms with Gasteiger partial charge in [-0.3, -0.25) is 0 Å². The summed E-state index contributed by atoms with van der Waals surface area (Å²) in [6.07, 6.45) is 0. The average molecular weight is 655 g/mol. The molecule has 5 heteroatoms. The fourth-order valence-corrected chi connectivity index (χ4v) is 7.22. The van der Waals surface area contributed by atoms with Crippen molar-refractivity contribution in [3.8, 4) is 51.0 Å². The minimum atomic E-state index is 0.704. The number of aromatic nitrogens is 3. The third-order valence-corrected chi connectivity index (χ3v) is 9.58. The van der Waals surface area contributed by atoms with E-state index in [1.54, 1.807) is 0 Å². The SMILES string of the molecule is c1ccc(-c2nc(-c3ccccc3)c3c(n2)c2cc(-c4ccc(N5c6ccccc6Oc6ccccc65)cc4)ccc2n3-c2ccccc2)cc1. The molecule has 0 atom stereocenters. The van der Waals surface area contributed by atoms with Gasteiger partial charge in [0.25, 0.3) is 0 Å². The number of ether oxygens (including phenoxy) is 1. The molecular formula is C46H30N4O. The number of rotatable bonds is 5. The van der Waals surface area contributed by atoms with Crippen molar-refractivity contribution >= 4 is 39.0 Å². The lowest BCUT2D eigenvalue weighted by Crippen LogP contribution is -2.15. The fraction of sp³-hybridized carbons (Fsp3) is 0. The van der Waals surface area contributed by atoms with Crippen molar-refractivity contribution in [2.75, 3.05) is 4.90 Å². The van der Waals surface area contributed by atoms with E-state index in [1.165, 1.54) is 0 Å². The maximum absolute atomic E-state index is 6.25. The maximum atomic E-state index is 6.25. The quantitative estimate of drug-likeness (QED) is 0.185. The van der Waals surface area contributed by atoms with Gasteiger partial charge < -0.3 is 14.2 Å². The molecule has 0 N–H and O–H groups in total. The average Bonchev–Trinajstić information content (AvgIpc) is 3.54. The summed E-state index contributed by atoms with van der Waals surface area (Å²) in [6, 6.07) is 63.0. The second-order valence-electron chi connectivity index (χ2n) is 12.6. The molecule has 0 bridgehead atoms. The molecule has 7 aromatic carbocycles. The van der Waals surface area contributed by atoms with Crippen molar-refractivity contribution in [2.24, 2.45) is 0 Å². The predicted octanol–water partition coefficient (Wildman–Crippen LogP) is 12.2. The summed E-state index contributed by atoms with van der Waals surface area (Å²) in [5.74, 6) is 2.38. The van der Waals surface area contributed by atoms with Crippen LogP contribution in [0.4, 0.5) is 17.1 Å². The van der Waals surface area contributed by atoms with Crippen molar-refractivity contribution in [1.82, 2.24) is 14.5 Å². The van der Waals surface area contributed by atoms with Crippen molar-refractivity contribution in [3.63, 3.8) is 0 Å². The molecule has 2 aromatic heterocycles. The summed E-state index contributed by atoms with van der Waals surface area (Å²) >= 11 is 0. The molecular weight excluding hydrogens is 625 g/mol. The van der Waals surface area contributed by atoms with Gasteiger partial charge in [-0.1, -0.05) is 121 Å². The van der Waals surface area contributed by atoms with E-state index in [-0.39, 0.29) is 0 Å². The molecule has 0 radical (unpaired) electrons. The van der Waals surface area contributed by atoms with Crippen LogP contribution in [0.25, 0.3) is 61.4 Å². The van der Waals surface area contributed by atoms with Gasteiger partial charge in [0, 0.05) is 27.9 Å². The van der Waals surface area contributed by atoms with E-state index in [1.807, 2.05) is 48.5 Å². The number of hydrogen-bond acceptors (Lipinski definition) is 4. The first-order valence-electron chi connectivity index (χ1n) is 17.1. The molecule has 9 aromatic rings. The normalized spacial score (nSPS) is 12.0. The van der Waals surface area contributed by atoms with Gasteiger partial charge in [-0.15, -0.1) is 0 Å². The van der Waals surface area contributed by atoms with Crippen LogP contribution in [0.2, 0.25) is 0 Å². The monoisotopic (exact) mass is 654 g/mol. The lowest BCUT2D eigenvalue weighted by atomic mass is 10.0. The Morgan fingerprint density at radius 2 is 1.00 bits per heavy atom. The maximum Gasteiger partial charge on any atom is 0.160 e. The van der Waals surface area contributed by atoms with E-state index >= 15 is 0 Å². The highest BCUT2D eigenvalue weighted by Crippen LogP contribution is 2.50. The van der Waals surface area contributed by atoms with E-state index in [9.17, 15) is 0 Å². The van der Waals surface area contributed by atoms with Crippen LogP contribution in [0.1, 0.15) is 0 Å². The lowest BCUT2D eigenvalue weighted by molar-refractivity contribution is 0.477. The Morgan fingerprint density at radius 3 is 1.67 bits per heavy atom. The van der Waals surface area contributed by atoms with Crippen LogP contribution in [0.5, 0.6) is 11.5 Å². The number of hydrogen-bond donors (Lipinski definition) is 0. The molecule has 51 heavy (non-hydrogen) atoms. The van der Waals surface area contributed by atoms with Crippen LogP contribution in [0, 0.1) is 0 Å². The molecule has 0 saturated carbocycles. The Balaban J connectivity index is 1.17. The Hall–Kier alpha value is -6.98. The number of nitrogens with zero attached hydrogens (tertiary/aromatic N) is 4.